The number of rotatable bonds is 2. The molecule has 8 rings (SSSR count). The molecule has 0 aromatic heterocycles. The van der Waals surface area contributed by atoms with Gasteiger partial charge in [0.2, 0.25) is 0 Å². The van der Waals surface area contributed by atoms with E-state index in [-0.39, 0.29) is 51.0 Å². The first-order valence-corrected chi connectivity index (χ1v) is 16.9. The van der Waals surface area contributed by atoms with E-state index in [1.54, 1.807) is 6.55 Å². The fourth-order valence-electron chi connectivity index (χ4n) is 6.16. The van der Waals surface area contributed by atoms with Gasteiger partial charge < -0.3 is 24.8 Å². The van der Waals surface area contributed by atoms with Crippen LogP contribution < -0.4 is 24.8 Å². The maximum atomic E-state index is 2.97. The van der Waals surface area contributed by atoms with E-state index in [4.69, 9.17) is 0 Å². The number of hydrogen-bond donors (Lipinski definition) is 0. The fourth-order valence-corrected chi connectivity index (χ4v) is 6.16. The van der Waals surface area contributed by atoms with Crippen molar-refractivity contribution in [1.82, 2.24) is 0 Å². The normalized spacial score (nSPS) is 9.88. The van der Waals surface area contributed by atoms with Gasteiger partial charge in [-0.2, -0.15) is 12.1 Å². The molecule has 0 fully saturated rings. The van der Waals surface area contributed by atoms with E-state index < -0.39 is 0 Å². The Kier molecular flexibility index (Phi) is 16.8. The SMILES string of the molecule is CCC.C[Si].Cc1cc2c(-c3cccc4ccccc34)cccc2[cH-]1.Cc1cc2c(-c3cccc4ccccc34)cccc2[cH-]1.[Cl-].[Cl-].[Zr+4]. The predicted octanol–water partition coefficient (Wildman–Crippen LogP) is 7.00. The molecule has 8 aromatic rings. The van der Waals surface area contributed by atoms with Gasteiger partial charge in [0.25, 0.3) is 0 Å². The van der Waals surface area contributed by atoms with Gasteiger partial charge >= 0.3 is 26.2 Å². The monoisotopic (exact) mass is 757 g/mol. The molecule has 0 unspecified atom stereocenters. The molecule has 0 amide bonds. The quantitative estimate of drug-likeness (QED) is 0.132. The standard InChI is InChI=1S/2C20H15.C3H8.CH3Si.2ClH.Zr/c2*1-14-12-16-8-5-11-19(20(16)13-14)18-10-4-7-15-6-2-3-9-17(15)18;1-3-2;1-2;;;/h2*2-13H,1H3;3H2,1-2H3;1H3;2*1H;/q2*-1;;;;;+4/p-2. The second-order valence-corrected chi connectivity index (χ2v) is 11.4. The molecule has 0 saturated heterocycles. The van der Waals surface area contributed by atoms with Crippen molar-refractivity contribution in [2.75, 3.05) is 0 Å². The molecule has 0 aliphatic rings. The summed E-state index contributed by atoms with van der Waals surface area (Å²) in [4.78, 5) is 0. The number of hydrogen-bond acceptors (Lipinski definition) is 0. The van der Waals surface area contributed by atoms with Crippen LogP contribution in [0.5, 0.6) is 0 Å². The molecule has 0 N–H and O–H groups in total. The average Bonchev–Trinajstić information content (AvgIpc) is 3.66. The Morgan fingerprint density at radius 1 is 0.438 bits per heavy atom. The van der Waals surface area contributed by atoms with Gasteiger partial charge in [-0.3, -0.25) is 0 Å². The van der Waals surface area contributed by atoms with Crippen molar-refractivity contribution in [1.29, 1.82) is 0 Å². The van der Waals surface area contributed by atoms with Crippen LogP contribution in [0.15, 0.2) is 146 Å². The first kappa shape index (κ1) is 40.9. The molecule has 0 nitrogen and oxygen atoms in total. The summed E-state index contributed by atoms with van der Waals surface area (Å²) in [5.41, 5.74) is 7.94. The van der Waals surface area contributed by atoms with Crippen LogP contribution in [0, 0.1) is 13.8 Å². The molecular weight excluding hydrogens is 719 g/mol. The summed E-state index contributed by atoms with van der Waals surface area (Å²) in [6, 6.07) is 52.5. The fraction of sp³-hybridized carbons (Fsp3) is 0.136. The molecule has 8 aromatic carbocycles. The largest absolute Gasteiger partial charge is 4.00 e. The van der Waals surface area contributed by atoms with Crippen molar-refractivity contribution < 1.29 is 51.0 Å². The van der Waals surface area contributed by atoms with Crippen LogP contribution in [-0.4, -0.2) is 10.2 Å². The van der Waals surface area contributed by atoms with Crippen LogP contribution in [0.3, 0.4) is 0 Å². The van der Waals surface area contributed by atoms with E-state index in [2.05, 4.69) is 184 Å². The molecule has 0 bridgehead atoms. The van der Waals surface area contributed by atoms with Gasteiger partial charge in [0.1, 0.15) is 0 Å². The summed E-state index contributed by atoms with van der Waals surface area (Å²) in [5, 5.41) is 10.6. The maximum Gasteiger partial charge on any atom is 4.00 e. The number of aryl methyl sites for hydroxylation is 2. The van der Waals surface area contributed by atoms with Gasteiger partial charge in [0.05, 0.1) is 0 Å². The predicted molar refractivity (Wildman–Crippen MR) is 202 cm³/mol. The third kappa shape index (κ3) is 9.04. The maximum absolute atomic E-state index is 2.97. The molecule has 4 heteroatoms. The molecule has 0 atom stereocenters. The number of benzene rings is 6. The van der Waals surface area contributed by atoms with Crippen LogP contribution in [0.2, 0.25) is 6.55 Å². The molecular formula is C44H41Cl2SiZr. The van der Waals surface area contributed by atoms with Crippen molar-refractivity contribution in [3.8, 4) is 22.3 Å². The molecule has 3 radical (unpaired) electrons. The summed E-state index contributed by atoms with van der Waals surface area (Å²) in [6.07, 6.45) is 1.25. The van der Waals surface area contributed by atoms with Crippen LogP contribution in [-0.2, 0) is 26.2 Å². The van der Waals surface area contributed by atoms with Crippen molar-refractivity contribution in [2.45, 2.75) is 40.7 Å². The van der Waals surface area contributed by atoms with E-state index in [1.807, 2.05) is 0 Å². The molecule has 0 aliphatic carbocycles. The zero-order valence-electron chi connectivity index (χ0n) is 28.3. The van der Waals surface area contributed by atoms with Gasteiger partial charge in [0, 0.05) is 10.2 Å². The summed E-state index contributed by atoms with van der Waals surface area (Å²) in [7, 11) is 2.97. The third-order valence-electron chi connectivity index (χ3n) is 7.95. The Hall–Kier alpha value is -3.26. The first-order chi connectivity index (χ1) is 22.1. The van der Waals surface area contributed by atoms with E-state index in [9.17, 15) is 0 Å². The molecule has 0 saturated carbocycles. The minimum atomic E-state index is 0. The molecule has 0 aliphatic heterocycles. The van der Waals surface area contributed by atoms with Crippen LogP contribution >= 0.6 is 0 Å². The van der Waals surface area contributed by atoms with Gasteiger partial charge in [0.15, 0.2) is 0 Å². The second-order valence-electron chi connectivity index (χ2n) is 11.4. The van der Waals surface area contributed by atoms with Gasteiger partial charge in [-0.15, -0.1) is 69.1 Å². The first-order valence-electron chi connectivity index (χ1n) is 15.9. The minimum Gasteiger partial charge on any atom is -1.00 e. The molecule has 0 heterocycles. The summed E-state index contributed by atoms with van der Waals surface area (Å²) in [6.45, 7) is 10.4. The van der Waals surface area contributed by atoms with E-state index >= 15 is 0 Å². The van der Waals surface area contributed by atoms with Gasteiger partial charge in [-0.1, -0.05) is 149 Å². The zero-order valence-corrected chi connectivity index (χ0v) is 33.3. The smallest absolute Gasteiger partial charge is 1.00 e. The molecule has 0 spiro atoms. The second kappa shape index (κ2) is 19.7. The van der Waals surface area contributed by atoms with Crippen molar-refractivity contribution in [3.05, 3.63) is 157 Å². The van der Waals surface area contributed by atoms with E-state index in [0.29, 0.717) is 0 Å². The Balaban J connectivity index is 0.000000279. The van der Waals surface area contributed by atoms with Gasteiger partial charge in [-0.05, 0) is 32.7 Å². The topological polar surface area (TPSA) is 0 Å². The Labute approximate surface area is 321 Å². The van der Waals surface area contributed by atoms with Crippen LogP contribution in [0.25, 0.3) is 65.3 Å². The number of fused-ring (bicyclic) bond motifs is 4. The van der Waals surface area contributed by atoms with Crippen molar-refractivity contribution in [2.24, 2.45) is 0 Å². The minimum absolute atomic E-state index is 0. The number of halogens is 2. The molecule has 239 valence electrons. The third-order valence-corrected chi connectivity index (χ3v) is 7.95. The average molecular weight is 760 g/mol. The van der Waals surface area contributed by atoms with Crippen LogP contribution in [0.4, 0.5) is 0 Å². The van der Waals surface area contributed by atoms with Crippen molar-refractivity contribution >= 4 is 53.3 Å². The Bertz CT molecular complexity index is 2010. The van der Waals surface area contributed by atoms with E-state index in [0.717, 1.165) is 0 Å². The summed E-state index contributed by atoms with van der Waals surface area (Å²) < 4.78 is 0. The van der Waals surface area contributed by atoms with E-state index in [1.165, 1.54) is 82.9 Å². The van der Waals surface area contributed by atoms with Crippen LogP contribution in [0.1, 0.15) is 31.4 Å². The molecule has 48 heavy (non-hydrogen) atoms. The Morgan fingerprint density at radius 3 is 1.10 bits per heavy atom. The van der Waals surface area contributed by atoms with Crippen molar-refractivity contribution in [3.63, 3.8) is 0 Å². The summed E-state index contributed by atoms with van der Waals surface area (Å²) >= 11 is 0. The Morgan fingerprint density at radius 2 is 0.729 bits per heavy atom. The zero-order chi connectivity index (χ0) is 31.8. The summed E-state index contributed by atoms with van der Waals surface area (Å²) in [5.74, 6) is 0. The van der Waals surface area contributed by atoms with Gasteiger partial charge in [-0.25, -0.2) is 0 Å².